The molecule has 4 rings (SSSR count). The first-order chi connectivity index (χ1) is 12.2. The summed E-state index contributed by atoms with van der Waals surface area (Å²) in [6.45, 7) is 1.25. The second-order valence-electron chi connectivity index (χ2n) is 5.93. The molecule has 0 bridgehead atoms. The Labute approximate surface area is 148 Å². The molecule has 3 heterocycles. The maximum absolute atomic E-state index is 14.3. The van der Waals surface area contributed by atoms with Crippen LogP contribution in [-0.2, 0) is 24.3 Å². The Bertz CT molecular complexity index is 957. The molecule has 25 heavy (non-hydrogen) atoms. The molecule has 2 aromatic heterocycles. The average Bonchev–Trinajstić information content (AvgIpc) is 3.01. The lowest BCUT2D eigenvalue weighted by Gasteiger charge is -2.27. The quantitative estimate of drug-likeness (QED) is 0.722. The number of rotatable bonds is 3. The number of ether oxygens (including phenoxy) is 1. The van der Waals surface area contributed by atoms with E-state index in [2.05, 4.69) is 9.97 Å². The van der Waals surface area contributed by atoms with Gasteiger partial charge in [0.05, 0.1) is 23.7 Å². The van der Waals surface area contributed by atoms with E-state index < -0.39 is 0 Å². The molecular formula is C18H16FN3O2S. The van der Waals surface area contributed by atoms with Crippen molar-refractivity contribution in [3.8, 4) is 0 Å². The third kappa shape index (κ3) is 2.79. The summed E-state index contributed by atoms with van der Waals surface area (Å²) in [5.41, 5.74) is 2.57. The lowest BCUT2D eigenvalue weighted by Crippen LogP contribution is -2.36. The first-order valence-corrected chi connectivity index (χ1v) is 8.76. The van der Waals surface area contributed by atoms with Crippen LogP contribution in [0.3, 0.4) is 0 Å². The molecule has 1 aliphatic heterocycles. The van der Waals surface area contributed by atoms with Gasteiger partial charge in [0, 0.05) is 35.5 Å². The van der Waals surface area contributed by atoms with Crippen LogP contribution in [0.1, 0.15) is 26.5 Å². The number of nitrogens with zero attached hydrogens (tertiary/aromatic N) is 3. The van der Waals surface area contributed by atoms with Crippen molar-refractivity contribution in [1.82, 2.24) is 14.9 Å². The van der Waals surface area contributed by atoms with E-state index in [-0.39, 0.29) is 18.3 Å². The molecule has 5 nitrogen and oxygen atoms in total. The van der Waals surface area contributed by atoms with Crippen molar-refractivity contribution in [1.29, 1.82) is 0 Å². The average molecular weight is 357 g/mol. The fourth-order valence-corrected chi connectivity index (χ4v) is 4.38. The maximum atomic E-state index is 14.3. The maximum Gasteiger partial charge on any atom is 0.264 e. The molecule has 1 aromatic carbocycles. The van der Waals surface area contributed by atoms with Crippen LogP contribution in [0, 0.1) is 5.82 Å². The fraction of sp³-hybridized carbons (Fsp3) is 0.278. The minimum atomic E-state index is -0.323. The molecule has 0 fully saturated rings. The number of thiophene rings is 1. The van der Waals surface area contributed by atoms with Crippen molar-refractivity contribution in [3.63, 3.8) is 0 Å². The van der Waals surface area contributed by atoms with Crippen LogP contribution in [-0.4, -0.2) is 34.4 Å². The summed E-state index contributed by atoms with van der Waals surface area (Å²) in [5.74, 6) is -0.423. The summed E-state index contributed by atoms with van der Waals surface area (Å²) >= 11 is 1.32. The Morgan fingerprint density at radius 1 is 1.44 bits per heavy atom. The number of amides is 1. The van der Waals surface area contributed by atoms with E-state index in [0.717, 1.165) is 22.4 Å². The standard InChI is InChI=1S/C18H16FN3O2S/c1-24-9-12-16-13(19)3-2-4-15(16)25-17(12)18(23)22-6-5-11-7-20-10-21-14(11)8-22/h2-4,7,10H,5-6,8-9H2,1H3. The minimum absolute atomic E-state index is 0.100. The van der Waals surface area contributed by atoms with E-state index in [1.807, 2.05) is 6.07 Å². The SMILES string of the molecule is COCc1c(C(=O)N2CCc3cncnc3C2)sc2cccc(F)c12. The van der Waals surface area contributed by atoms with E-state index >= 15 is 0 Å². The van der Waals surface area contributed by atoms with E-state index in [9.17, 15) is 9.18 Å². The summed E-state index contributed by atoms with van der Waals surface area (Å²) in [6.07, 6.45) is 4.02. The Balaban J connectivity index is 1.73. The topological polar surface area (TPSA) is 55.3 Å². The predicted molar refractivity (Wildman–Crippen MR) is 93.0 cm³/mol. The van der Waals surface area contributed by atoms with Gasteiger partial charge in [0.2, 0.25) is 0 Å². The Kier molecular flexibility index (Phi) is 4.19. The van der Waals surface area contributed by atoms with Gasteiger partial charge in [-0.1, -0.05) is 6.07 Å². The van der Waals surface area contributed by atoms with Crippen LogP contribution >= 0.6 is 11.3 Å². The Hall–Kier alpha value is -2.38. The van der Waals surface area contributed by atoms with Crippen molar-refractivity contribution in [2.24, 2.45) is 0 Å². The number of hydrogen-bond acceptors (Lipinski definition) is 5. The Morgan fingerprint density at radius 2 is 2.32 bits per heavy atom. The highest BCUT2D eigenvalue weighted by Crippen LogP contribution is 2.35. The van der Waals surface area contributed by atoms with Crippen LogP contribution < -0.4 is 0 Å². The van der Waals surface area contributed by atoms with E-state index in [4.69, 9.17) is 4.74 Å². The minimum Gasteiger partial charge on any atom is -0.380 e. The smallest absolute Gasteiger partial charge is 0.264 e. The van der Waals surface area contributed by atoms with Gasteiger partial charge in [0.25, 0.3) is 5.91 Å². The number of benzene rings is 1. The van der Waals surface area contributed by atoms with Crippen molar-refractivity contribution in [2.75, 3.05) is 13.7 Å². The molecule has 0 N–H and O–H groups in total. The normalized spacial score (nSPS) is 13.9. The van der Waals surface area contributed by atoms with Crippen molar-refractivity contribution < 1.29 is 13.9 Å². The third-order valence-corrected chi connectivity index (χ3v) is 5.59. The van der Waals surface area contributed by atoms with Crippen LogP contribution in [0.4, 0.5) is 4.39 Å². The predicted octanol–water partition coefficient (Wildman–Crippen LogP) is 3.18. The number of fused-ring (bicyclic) bond motifs is 2. The molecule has 0 radical (unpaired) electrons. The third-order valence-electron chi connectivity index (χ3n) is 4.41. The molecule has 0 saturated carbocycles. The lowest BCUT2D eigenvalue weighted by atomic mass is 10.1. The molecule has 0 saturated heterocycles. The summed E-state index contributed by atoms with van der Waals surface area (Å²) in [4.78, 5) is 23.7. The largest absolute Gasteiger partial charge is 0.380 e. The summed E-state index contributed by atoms with van der Waals surface area (Å²) in [5, 5.41) is 0.484. The number of halogens is 1. The van der Waals surface area contributed by atoms with Gasteiger partial charge in [0.15, 0.2) is 0 Å². The van der Waals surface area contributed by atoms with E-state index in [0.29, 0.717) is 28.9 Å². The first-order valence-electron chi connectivity index (χ1n) is 7.95. The van der Waals surface area contributed by atoms with Gasteiger partial charge in [-0.2, -0.15) is 0 Å². The highest BCUT2D eigenvalue weighted by atomic mass is 32.1. The molecule has 0 aliphatic carbocycles. The Morgan fingerprint density at radius 3 is 3.16 bits per heavy atom. The number of aromatic nitrogens is 2. The highest BCUT2D eigenvalue weighted by molar-refractivity contribution is 7.21. The highest BCUT2D eigenvalue weighted by Gasteiger charge is 2.27. The van der Waals surface area contributed by atoms with Crippen molar-refractivity contribution in [3.05, 3.63) is 58.2 Å². The van der Waals surface area contributed by atoms with Gasteiger partial charge >= 0.3 is 0 Å². The summed E-state index contributed by atoms with van der Waals surface area (Å²) in [6, 6.07) is 4.90. The van der Waals surface area contributed by atoms with Crippen LogP contribution in [0.25, 0.3) is 10.1 Å². The number of hydrogen-bond donors (Lipinski definition) is 0. The van der Waals surface area contributed by atoms with Crippen LogP contribution in [0.2, 0.25) is 0 Å². The molecule has 1 aliphatic rings. The van der Waals surface area contributed by atoms with Crippen LogP contribution in [0.5, 0.6) is 0 Å². The molecule has 0 unspecified atom stereocenters. The molecule has 0 atom stereocenters. The molecule has 1 amide bonds. The zero-order chi connectivity index (χ0) is 17.4. The molecular weight excluding hydrogens is 341 g/mol. The number of carbonyl (C=O) groups is 1. The second-order valence-corrected chi connectivity index (χ2v) is 6.98. The second kappa shape index (κ2) is 6.50. The molecule has 128 valence electrons. The monoisotopic (exact) mass is 357 g/mol. The van der Waals surface area contributed by atoms with Gasteiger partial charge in [-0.25, -0.2) is 14.4 Å². The van der Waals surface area contributed by atoms with Gasteiger partial charge in [0.1, 0.15) is 12.1 Å². The lowest BCUT2D eigenvalue weighted by molar-refractivity contribution is 0.0732. The first kappa shape index (κ1) is 16.1. The van der Waals surface area contributed by atoms with Gasteiger partial charge in [-0.3, -0.25) is 4.79 Å². The van der Waals surface area contributed by atoms with E-state index in [1.54, 1.807) is 24.3 Å². The van der Waals surface area contributed by atoms with Crippen molar-refractivity contribution >= 4 is 27.3 Å². The van der Waals surface area contributed by atoms with Crippen LogP contribution in [0.15, 0.2) is 30.7 Å². The van der Waals surface area contributed by atoms with Gasteiger partial charge in [-0.05, 0) is 24.1 Å². The zero-order valence-electron chi connectivity index (χ0n) is 13.7. The molecule has 7 heteroatoms. The van der Waals surface area contributed by atoms with Gasteiger partial charge < -0.3 is 9.64 Å². The summed E-state index contributed by atoms with van der Waals surface area (Å²) < 4.78 is 20.3. The molecule has 3 aromatic rings. The zero-order valence-corrected chi connectivity index (χ0v) is 14.5. The number of methoxy groups -OCH3 is 1. The summed E-state index contributed by atoms with van der Waals surface area (Å²) in [7, 11) is 1.55. The number of carbonyl (C=O) groups excluding carboxylic acids is 1. The van der Waals surface area contributed by atoms with Crippen molar-refractivity contribution in [2.45, 2.75) is 19.6 Å². The van der Waals surface area contributed by atoms with E-state index in [1.165, 1.54) is 23.7 Å². The fourth-order valence-electron chi connectivity index (χ4n) is 3.19. The van der Waals surface area contributed by atoms with Gasteiger partial charge in [-0.15, -0.1) is 11.3 Å². The molecule has 0 spiro atoms.